The van der Waals surface area contributed by atoms with Crippen molar-refractivity contribution in [2.45, 2.75) is 32.1 Å². The number of hydrogen-bond donors (Lipinski definition) is 0. The first-order valence-corrected chi connectivity index (χ1v) is 9.71. The van der Waals surface area contributed by atoms with E-state index in [2.05, 4.69) is 35.2 Å². The molecule has 2 nitrogen and oxygen atoms in total. The van der Waals surface area contributed by atoms with Crippen molar-refractivity contribution in [2.24, 2.45) is 5.92 Å². The minimum Gasteiger partial charge on any atom is -0.497 e. The SMILES string of the molecule is COc1cccc(CCC2CCN(CCc3ccccc3Cl)CC2)c1.Cl. The van der Waals surface area contributed by atoms with Gasteiger partial charge in [0, 0.05) is 11.6 Å². The third-order valence-electron chi connectivity index (χ3n) is 5.34. The molecule has 1 aliphatic rings. The van der Waals surface area contributed by atoms with E-state index in [0.29, 0.717) is 0 Å². The molecule has 0 aliphatic carbocycles. The lowest BCUT2D eigenvalue weighted by molar-refractivity contribution is 0.181. The first-order valence-electron chi connectivity index (χ1n) is 9.33. The summed E-state index contributed by atoms with van der Waals surface area (Å²) in [6.07, 6.45) is 6.11. The second kappa shape index (κ2) is 10.8. The Hall–Kier alpha value is -1.22. The van der Waals surface area contributed by atoms with E-state index in [1.807, 2.05) is 18.2 Å². The zero-order chi connectivity index (χ0) is 17.5. The van der Waals surface area contributed by atoms with Gasteiger partial charge >= 0.3 is 0 Å². The van der Waals surface area contributed by atoms with Crippen LogP contribution in [0.4, 0.5) is 0 Å². The lowest BCUT2D eigenvalue weighted by Crippen LogP contribution is -2.35. The fourth-order valence-electron chi connectivity index (χ4n) is 3.68. The smallest absolute Gasteiger partial charge is 0.119 e. The molecule has 26 heavy (non-hydrogen) atoms. The van der Waals surface area contributed by atoms with Gasteiger partial charge in [-0.05, 0) is 80.4 Å². The van der Waals surface area contributed by atoms with E-state index in [1.165, 1.54) is 43.5 Å². The number of rotatable bonds is 7. The molecule has 1 aliphatic heterocycles. The number of hydrogen-bond acceptors (Lipinski definition) is 2. The Labute approximate surface area is 168 Å². The number of piperidine rings is 1. The molecule has 4 heteroatoms. The van der Waals surface area contributed by atoms with E-state index in [1.54, 1.807) is 7.11 Å². The van der Waals surface area contributed by atoms with Crippen LogP contribution in [0.1, 0.15) is 30.4 Å². The van der Waals surface area contributed by atoms with Gasteiger partial charge in [-0.2, -0.15) is 0 Å². The minimum absolute atomic E-state index is 0. The third-order valence-corrected chi connectivity index (χ3v) is 5.71. The van der Waals surface area contributed by atoms with E-state index in [4.69, 9.17) is 16.3 Å². The van der Waals surface area contributed by atoms with Gasteiger partial charge in [0.25, 0.3) is 0 Å². The monoisotopic (exact) mass is 393 g/mol. The molecule has 0 atom stereocenters. The third kappa shape index (κ3) is 6.19. The molecule has 1 fully saturated rings. The Morgan fingerprint density at radius 2 is 1.81 bits per heavy atom. The van der Waals surface area contributed by atoms with Crippen LogP contribution in [-0.4, -0.2) is 31.6 Å². The average molecular weight is 394 g/mol. The van der Waals surface area contributed by atoms with Crippen molar-refractivity contribution < 1.29 is 4.74 Å². The lowest BCUT2D eigenvalue weighted by atomic mass is 9.90. The number of aryl methyl sites for hydroxylation is 1. The van der Waals surface area contributed by atoms with Crippen LogP contribution in [0.15, 0.2) is 48.5 Å². The Bertz CT molecular complexity index is 669. The maximum atomic E-state index is 6.26. The molecular weight excluding hydrogens is 365 g/mol. The number of likely N-dealkylation sites (tertiary alicyclic amines) is 1. The highest BCUT2D eigenvalue weighted by atomic mass is 35.5. The van der Waals surface area contributed by atoms with E-state index in [-0.39, 0.29) is 12.4 Å². The van der Waals surface area contributed by atoms with Crippen LogP contribution in [0, 0.1) is 5.92 Å². The van der Waals surface area contributed by atoms with E-state index >= 15 is 0 Å². The standard InChI is InChI=1S/C22H28ClNO.ClH/c1-25-21-7-4-5-19(17-21)10-9-18-11-14-24(15-12-18)16-13-20-6-2-3-8-22(20)23;/h2-8,17-18H,9-16H2,1H3;1H. The molecule has 0 spiro atoms. The number of halogens is 2. The van der Waals surface area contributed by atoms with E-state index in [0.717, 1.165) is 36.1 Å². The average Bonchev–Trinajstić information content (AvgIpc) is 2.67. The molecule has 0 radical (unpaired) electrons. The van der Waals surface area contributed by atoms with Gasteiger partial charge in [-0.25, -0.2) is 0 Å². The molecule has 0 N–H and O–H groups in total. The van der Waals surface area contributed by atoms with Gasteiger partial charge in [0.2, 0.25) is 0 Å². The van der Waals surface area contributed by atoms with Gasteiger partial charge in [0.1, 0.15) is 5.75 Å². The van der Waals surface area contributed by atoms with Crippen molar-refractivity contribution >= 4 is 24.0 Å². The summed E-state index contributed by atoms with van der Waals surface area (Å²) >= 11 is 6.26. The molecule has 1 heterocycles. The number of benzene rings is 2. The highest BCUT2D eigenvalue weighted by molar-refractivity contribution is 6.31. The number of ether oxygens (including phenoxy) is 1. The van der Waals surface area contributed by atoms with Crippen LogP contribution >= 0.6 is 24.0 Å². The molecule has 0 bridgehead atoms. The summed E-state index contributed by atoms with van der Waals surface area (Å²) in [4.78, 5) is 2.59. The highest BCUT2D eigenvalue weighted by Gasteiger charge is 2.19. The molecule has 0 amide bonds. The molecule has 2 aromatic rings. The summed E-state index contributed by atoms with van der Waals surface area (Å²) in [7, 11) is 1.73. The maximum Gasteiger partial charge on any atom is 0.119 e. The van der Waals surface area contributed by atoms with Crippen molar-refractivity contribution in [1.82, 2.24) is 4.90 Å². The molecule has 1 saturated heterocycles. The quantitative estimate of drug-likeness (QED) is 0.601. The Morgan fingerprint density at radius 3 is 2.54 bits per heavy atom. The Morgan fingerprint density at radius 1 is 1.04 bits per heavy atom. The summed E-state index contributed by atoms with van der Waals surface area (Å²) < 4.78 is 5.32. The molecular formula is C22H29Cl2NO. The van der Waals surface area contributed by atoms with E-state index in [9.17, 15) is 0 Å². The van der Waals surface area contributed by atoms with Gasteiger partial charge in [-0.1, -0.05) is 41.9 Å². The van der Waals surface area contributed by atoms with Crippen molar-refractivity contribution in [3.8, 4) is 5.75 Å². The van der Waals surface area contributed by atoms with Crippen molar-refractivity contribution in [1.29, 1.82) is 0 Å². The van der Waals surface area contributed by atoms with Crippen LogP contribution < -0.4 is 4.74 Å². The van der Waals surface area contributed by atoms with Crippen LogP contribution in [0.3, 0.4) is 0 Å². The highest BCUT2D eigenvalue weighted by Crippen LogP contribution is 2.24. The summed E-state index contributed by atoms with van der Waals surface area (Å²) in [5, 5.41) is 0.899. The summed E-state index contributed by atoms with van der Waals surface area (Å²) in [5.41, 5.74) is 2.66. The molecule has 142 valence electrons. The minimum atomic E-state index is 0. The Balaban J connectivity index is 0.00000243. The van der Waals surface area contributed by atoms with Gasteiger partial charge < -0.3 is 9.64 Å². The largest absolute Gasteiger partial charge is 0.497 e. The zero-order valence-electron chi connectivity index (χ0n) is 15.5. The van der Waals surface area contributed by atoms with Crippen molar-refractivity contribution in [3.05, 3.63) is 64.7 Å². The van der Waals surface area contributed by atoms with Crippen LogP contribution in [0.2, 0.25) is 5.02 Å². The topological polar surface area (TPSA) is 12.5 Å². The number of methoxy groups -OCH3 is 1. The van der Waals surface area contributed by atoms with Crippen LogP contribution in [0.25, 0.3) is 0 Å². The normalized spacial score (nSPS) is 15.5. The molecule has 0 aromatic heterocycles. The second-order valence-electron chi connectivity index (χ2n) is 7.02. The summed E-state index contributed by atoms with van der Waals surface area (Å²) in [5.74, 6) is 1.81. The molecule has 3 rings (SSSR count). The predicted octanol–water partition coefficient (Wildman–Crippen LogP) is 5.66. The van der Waals surface area contributed by atoms with Crippen LogP contribution in [0.5, 0.6) is 5.75 Å². The molecule has 0 saturated carbocycles. The number of nitrogens with zero attached hydrogens (tertiary/aromatic N) is 1. The van der Waals surface area contributed by atoms with E-state index < -0.39 is 0 Å². The molecule has 2 aromatic carbocycles. The van der Waals surface area contributed by atoms with Crippen molar-refractivity contribution in [3.63, 3.8) is 0 Å². The molecule has 0 unspecified atom stereocenters. The zero-order valence-corrected chi connectivity index (χ0v) is 17.1. The first-order chi connectivity index (χ1) is 12.2. The maximum absolute atomic E-state index is 6.26. The van der Waals surface area contributed by atoms with Crippen LogP contribution in [-0.2, 0) is 12.8 Å². The second-order valence-corrected chi connectivity index (χ2v) is 7.42. The lowest BCUT2D eigenvalue weighted by Gasteiger charge is -2.32. The van der Waals surface area contributed by atoms with Crippen molar-refractivity contribution in [2.75, 3.05) is 26.7 Å². The fraction of sp³-hybridized carbons (Fsp3) is 0.455. The van der Waals surface area contributed by atoms with Gasteiger partial charge in [-0.3, -0.25) is 0 Å². The predicted molar refractivity (Wildman–Crippen MR) is 113 cm³/mol. The van der Waals surface area contributed by atoms with Gasteiger partial charge in [-0.15, -0.1) is 12.4 Å². The van der Waals surface area contributed by atoms with Gasteiger partial charge in [0.15, 0.2) is 0 Å². The van der Waals surface area contributed by atoms with Gasteiger partial charge in [0.05, 0.1) is 7.11 Å². The Kier molecular flexibility index (Phi) is 8.77. The summed E-state index contributed by atoms with van der Waals surface area (Å²) in [6.45, 7) is 3.55. The fourth-order valence-corrected chi connectivity index (χ4v) is 3.91. The first kappa shape index (κ1) is 21.1. The summed E-state index contributed by atoms with van der Waals surface area (Å²) in [6, 6.07) is 16.7.